The number of aliphatic hydroxyl groups is 1. The Bertz CT molecular complexity index is 298. The van der Waals surface area contributed by atoms with E-state index in [4.69, 9.17) is 0 Å². The third-order valence-corrected chi connectivity index (χ3v) is 3.30. The number of nitrogens with zero attached hydrogens (tertiary/aromatic N) is 1. The van der Waals surface area contributed by atoms with Gasteiger partial charge in [-0.2, -0.15) is 0 Å². The minimum atomic E-state index is -0.506. The first-order valence-electron chi connectivity index (χ1n) is 5.84. The normalized spacial score (nSPS) is 12.6. The van der Waals surface area contributed by atoms with E-state index in [-0.39, 0.29) is 12.2 Å². The molecule has 0 aliphatic heterocycles. The number of aromatic nitrogens is 1. The Balaban J connectivity index is 2.19. The fourth-order valence-electron chi connectivity index (χ4n) is 1.57. The highest BCUT2D eigenvalue weighted by atomic mass is 32.1. The van der Waals surface area contributed by atoms with E-state index in [0.29, 0.717) is 5.01 Å². The lowest BCUT2D eigenvalue weighted by atomic mass is 10.1. The van der Waals surface area contributed by atoms with Crippen LogP contribution < -0.4 is 0 Å². The maximum Gasteiger partial charge on any atom is 0.193 e. The molecule has 0 aromatic carbocycles. The summed E-state index contributed by atoms with van der Waals surface area (Å²) in [5.74, 6) is -0.0435. The number of Topliss-reactive ketones (excluding diaryl/α,β-unsaturated/α-hetero) is 1. The van der Waals surface area contributed by atoms with Gasteiger partial charge in [-0.15, -0.1) is 11.3 Å². The molecule has 1 heterocycles. The summed E-state index contributed by atoms with van der Waals surface area (Å²) in [5, 5.41) is 12.0. The quantitative estimate of drug-likeness (QED) is 0.562. The van der Waals surface area contributed by atoms with Crippen molar-refractivity contribution in [2.45, 2.75) is 51.6 Å². The predicted molar refractivity (Wildman–Crippen MR) is 65.8 cm³/mol. The standard InChI is InChI=1S/C12H19NO2S/c1-2-3-4-5-6-10(14)9-11(15)12-13-7-8-16-12/h7-8,10,14H,2-6,9H2,1H3. The van der Waals surface area contributed by atoms with E-state index < -0.39 is 6.10 Å². The van der Waals surface area contributed by atoms with Gasteiger partial charge in [0.15, 0.2) is 10.8 Å². The highest BCUT2D eigenvalue weighted by Crippen LogP contribution is 2.13. The molecule has 1 aromatic rings. The van der Waals surface area contributed by atoms with Crippen molar-refractivity contribution in [1.82, 2.24) is 4.98 Å². The van der Waals surface area contributed by atoms with Crippen LogP contribution in [0.2, 0.25) is 0 Å². The van der Waals surface area contributed by atoms with Crippen LogP contribution in [0.5, 0.6) is 0 Å². The molecule has 3 nitrogen and oxygen atoms in total. The van der Waals surface area contributed by atoms with Crippen molar-refractivity contribution in [2.75, 3.05) is 0 Å². The fraction of sp³-hybridized carbons (Fsp3) is 0.667. The smallest absolute Gasteiger partial charge is 0.193 e. The Morgan fingerprint density at radius 2 is 2.31 bits per heavy atom. The number of carbonyl (C=O) groups excluding carboxylic acids is 1. The summed E-state index contributed by atoms with van der Waals surface area (Å²) in [4.78, 5) is 15.5. The first-order chi connectivity index (χ1) is 7.74. The first-order valence-corrected chi connectivity index (χ1v) is 6.72. The first kappa shape index (κ1) is 13.3. The summed E-state index contributed by atoms with van der Waals surface area (Å²) in [6.07, 6.45) is 6.57. The summed E-state index contributed by atoms with van der Waals surface area (Å²) in [7, 11) is 0. The molecular weight excluding hydrogens is 222 g/mol. The van der Waals surface area contributed by atoms with Gasteiger partial charge >= 0.3 is 0 Å². The number of hydrogen-bond acceptors (Lipinski definition) is 4. The number of unbranched alkanes of at least 4 members (excludes halogenated alkanes) is 3. The number of rotatable bonds is 8. The van der Waals surface area contributed by atoms with Crippen molar-refractivity contribution in [1.29, 1.82) is 0 Å². The molecule has 1 aromatic heterocycles. The van der Waals surface area contributed by atoms with Gasteiger partial charge in [0.2, 0.25) is 0 Å². The molecule has 0 radical (unpaired) electrons. The van der Waals surface area contributed by atoms with Crippen LogP contribution in [0, 0.1) is 0 Å². The lowest BCUT2D eigenvalue weighted by Gasteiger charge is -2.08. The molecule has 0 bridgehead atoms. The van der Waals surface area contributed by atoms with Crippen molar-refractivity contribution in [2.24, 2.45) is 0 Å². The lowest BCUT2D eigenvalue weighted by Crippen LogP contribution is -2.13. The molecule has 4 heteroatoms. The molecule has 0 amide bonds. The summed E-state index contributed by atoms with van der Waals surface area (Å²) in [6, 6.07) is 0. The van der Waals surface area contributed by atoms with Crippen LogP contribution in [0.4, 0.5) is 0 Å². The van der Waals surface area contributed by atoms with Crippen molar-refractivity contribution in [3.05, 3.63) is 16.6 Å². The van der Waals surface area contributed by atoms with Crippen LogP contribution in [0.25, 0.3) is 0 Å². The van der Waals surface area contributed by atoms with Crippen molar-refractivity contribution in [3.63, 3.8) is 0 Å². The van der Waals surface area contributed by atoms with Crippen molar-refractivity contribution in [3.8, 4) is 0 Å². The van der Waals surface area contributed by atoms with Crippen LogP contribution in [0.15, 0.2) is 11.6 Å². The largest absolute Gasteiger partial charge is 0.393 e. The monoisotopic (exact) mass is 241 g/mol. The number of hydrogen-bond donors (Lipinski definition) is 1. The predicted octanol–water partition coefficient (Wildman–Crippen LogP) is 3.05. The van der Waals surface area contributed by atoms with E-state index in [0.717, 1.165) is 19.3 Å². The molecule has 0 spiro atoms. The zero-order valence-electron chi connectivity index (χ0n) is 9.69. The molecular formula is C12H19NO2S. The minimum Gasteiger partial charge on any atom is -0.393 e. The number of thiazole rings is 1. The van der Waals surface area contributed by atoms with Crippen molar-refractivity contribution >= 4 is 17.1 Å². The van der Waals surface area contributed by atoms with Crippen molar-refractivity contribution < 1.29 is 9.90 Å². The second-order valence-corrected chi connectivity index (χ2v) is 4.86. The summed E-state index contributed by atoms with van der Waals surface area (Å²) in [6.45, 7) is 2.16. The molecule has 90 valence electrons. The van der Waals surface area contributed by atoms with Gasteiger partial charge in [-0.1, -0.05) is 32.6 Å². The highest BCUT2D eigenvalue weighted by molar-refractivity contribution is 7.11. The van der Waals surface area contributed by atoms with Crippen LogP contribution >= 0.6 is 11.3 Å². The molecule has 16 heavy (non-hydrogen) atoms. The van der Waals surface area contributed by atoms with Crippen LogP contribution in [0.1, 0.15) is 55.3 Å². The van der Waals surface area contributed by atoms with E-state index >= 15 is 0 Å². The molecule has 1 atom stereocenters. The van der Waals surface area contributed by atoms with E-state index in [2.05, 4.69) is 11.9 Å². The average molecular weight is 241 g/mol. The molecule has 1 rings (SSSR count). The Morgan fingerprint density at radius 3 is 2.94 bits per heavy atom. The topological polar surface area (TPSA) is 50.2 Å². The Hall–Kier alpha value is -0.740. The lowest BCUT2D eigenvalue weighted by molar-refractivity contribution is 0.0863. The van der Waals surface area contributed by atoms with Crippen LogP contribution in [-0.2, 0) is 0 Å². The Morgan fingerprint density at radius 1 is 1.50 bits per heavy atom. The van der Waals surface area contributed by atoms with Gasteiger partial charge in [-0.25, -0.2) is 4.98 Å². The zero-order valence-corrected chi connectivity index (χ0v) is 10.5. The Labute approximate surface area is 101 Å². The molecule has 0 saturated heterocycles. The molecule has 1 unspecified atom stereocenters. The van der Waals surface area contributed by atoms with E-state index in [1.807, 2.05) is 0 Å². The second kappa shape index (κ2) is 7.52. The van der Waals surface area contributed by atoms with Gasteiger partial charge < -0.3 is 5.11 Å². The fourth-order valence-corrected chi connectivity index (χ4v) is 2.16. The maximum atomic E-state index is 11.6. The summed E-state index contributed by atoms with van der Waals surface area (Å²) in [5.41, 5.74) is 0. The summed E-state index contributed by atoms with van der Waals surface area (Å²) < 4.78 is 0. The third-order valence-electron chi connectivity index (χ3n) is 2.48. The average Bonchev–Trinajstić information content (AvgIpc) is 2.77. The van der Waals surface area contributed by atoms with Gasteiger partial charge in [-0.05, 0) is 6.42 Å². The summed E-state index contributed by atoms with van der Waals surface area (Å²) >= 11 is 1.33. The van der Waals surface area contributed by atoms with Gasteiger partial charge in [-0.3, -0.25) is 4.79 Å². The van der Waals surface area contributed by atoms with Gasteiger partial charge in [0.05, 0.1) is 6.10 Å². The zero-order chi connectivity index (χ0) is 11.8. The Kier molecular flexibility index (Phi) is 6.26. The van der Waals surface area contributed by atoms with Gasteiger partial charge in [0.1, 0.15) is 0 Å². The molecule has 0 aliphatic carbocycles. The molecule has 1 N–H and O–H groups in total. The number of ketones is 1. The van der Waals surface area contributed by atoms with E-state index in [1.54, 1.807) is 11.6 Å². The van der Waals surface area contributed by atoms with Crippen LogP contribution in [0.3, 0.4) is 0 Å². The third kappa shape index (κ3) is 4.86. The van der Waals surface area contributed by atoms with E-state index in [9.17, 15) is 9.90 Å². The van der Waals surface area contributed by atoms with Gasteiger partial charge in [0, 0.05) is 18.0 Å². The second-order valence-electron chi connectivity index (χ2n) is 3.97. The minimum absolute atomic E-state index is 0.0435. The molecule has 0 aliphatic rings. The highest BCUT2D eigenvalue weighted by Gasteiger charge is 2.14. The number of carbonyl (C=O) groups is 1. The van der Waals surface area contributed by atoms with Gasteiger partial charge in [0.25, 0.3) is 0 Å². The molecule has 0 fully saturated rings. The number of aliphatic hydroxyl groups excluding tert-OH is 1. The SMILES string of the molecule is CCCCCCC(O)CC(=O)c1nccs1. The van der Waals surface area contributed by atoms with E-state index in [1.165, 1.54) is 24.2 Å². The van der Waals surface area contributed by atoms with Crippen LogP contribution in [-0.4, -0.2) is 22.0 Å². The molecule has 0 saturated carbocycles. The maximum absolute atomic E-state index is 11.6.